The molecule has 20 heavy (non-hydrogen) atoms. The van der Waals surface area contributed by atoms with Crippen LogP contribution in [0.3, 0.4) is 0 Å². The predicted octanol–water partition coefficient (Wildman–Crippen LogP) is 3.72. The average molecular weight is 292 g/mol. The van der Waals surface area contributed by atoms with E-state index in [9.17, 15) is 0 Å². The molecule has 0 aromatic carbocycles. The molecule has 1 aliphatic carbocycles. The standard InChI is InChI=1S/C15H18ClN3O/c1-8-5-11-12(17-9(8)2)18-14(16)19-13(11)20-7-10-6-15(10,3)4/h5,10H,6-7H2,1-4H3/t10-/m1/s1. The number of halogens is 1. The van der Waals surface area contributed by atoms with Gasteiger partial charge in [-0.25, -0.2) is 4.98 Å². The van der Waals surface area contributed by atoms with Crippen LogP contribution in [-0.4, -0.2) is 21.6 Å². The van der Waals surface area contributed by atoms with Crippen molar-refractivity contribution < 1.29 is 4.74 Å². The molecule has 0 saturated heterocycles. The minimum absolute atomic E-state index is 0.179. The van der Waals surface area contributed by atoms with E-state index in [0.29, 0.717) is 29.5 Å². The second kappa shape index (κ2) is 4.55. The molecule has 2 aromatic rings. The zero-order valence-electron chi connectivity index (χ0n) is 12.2. The third-order valence-corrected chi connectivity index (χ3v) is 4.38. The van der Waals surface area contributed by atoms with E-state index in [1.54, 1.807) is 0 Å². The van der Waals surface area contributed by atoms with Gasteiger partial charge in [0.05, 0.1) is 12.0 Å². The van der Waals surface area contributed by atoms with Gasteiger partial charge in [-0.3, -0.25) is 0 Å². The van der Waals surface area contributed by atoms with Crippen LogP contribution in [0.4, 0.5) is 0 Å². The van der Waals surface area contributed by atoms with Crippen LogP contribution in [0, 0.1) is 25.2 Å². The molecule has 1 saturated carbocycles. The number of ether oxygens (including phenoxy) is 1. The van der Waals surface area contributed by atoms with Gasteiger partial charge in [0.2, 0.25) is 11.2 Å². The van der Waals surface area contributed by atoms with Gasteiger partial charge in [-0.2, -0.15) is 9.97 Å². The van der Waals surface area contributed by atoms with Crippen LogP contribution in [0.1, 0.15) is 31.5 Å². The van der Waals surface area contributed by atoms with Gasteiger partial charge in [0.25, 0.3) is 0 Å². The van der Waals surface area contributed by atoms with Crippen LogP contribution >= 0.6 is 11.6 Å². The Morgan fingerprint density at radius 1 is 1.30 bits per heavy atom. The van der Waals surface area contributed by atoms with Crippen LogP contribution in [0.5, 0.6) is 5.88 Å². The molecule has 1 aliphatic rings. The Balaban J connectivity index is 1.94. The molecule has 0 spiro atoms. The van der Waals surface area contributed by atoms with E-state index in [1.165, 1.54) is 6.42 Å². The Labute approximate surface area is 123 Å². The number of aryl methyl sites for hydroxylation is 2. The lowest BCUT2D eigenvalue weighted by Gasteiger charge is -2.10. The number of nitrogens with zero attached hydrogens (tertiary/aromatic N) is 3. The lowest BCUT2D eigenvalue weighted by Crippen LogP contribution is -2.06. The summed E-state index contributed by atoms with van der Waals surface area (Å²) < 4.78 is 5.88. The summed E-state index contributed by atoms with van der Waals surface area (Å²) in [7, 11) is 0. The van der Waals surface area contributed by atoms with Gasteiger partial charge >= 0.3 is 0 Å². The molecule has 0 aliphatic heterocycles. The fraction of sp³-hybridized carbons (Fsp3) is 0.533. The first kappa shape index (κ1) is 13.6. The number of aromatic nitrogens is 3. The SMILES string of the molecule is Cc1cc2c(OC[C@H]3CC3(C)C)nc(Cl)nc2nc1C. The molecule has 1 atom stereocenters. The molecular weight excluding hydrogens is 274 g/mol. The second-order valence-corrected chi connectivity index (χ2v) is 6.60. The fourth-order valence-corrected chi connectivity index (χ4v) is 2.50. The predicted molar refractivity (Wildman–Crippen MR) is 79.2 cm³/mol. The van der Waals surface area contributed by atoms with Crippen molar-refractivity contribution in [3.05, 3.63) is 22.6 Å². The highest BCUT2D eigenvalue weighted by Crippen LogP contribution is 2.51. The summed E-state index contributed by atoms with van der Waals surface area (Å²) in [5.41, 5.74) is 3.02. The van der Waals surface area contributed by atoms with E-state index in [-0.39, 0.29) is 5.28 Å². The monoisotopic (exact) mass is 291 g/mol. The minimum atomic E-state index is 0.179. The molecule has 2 heterocycles. The zero-order chi connectivity index (χ0) is 14.5. The van der Waals surface area contributed by atoms with Gasteiger partial charge in [0, 0.05) is 5.69 Å². The van der Waals surface area contributed by atoms with Gasteiger partial charge in [0.1, 0.15) is 0 Å². The summed E-state index contributed by atoms with van der Waals surface area (Å²) in [5.74, 6) is 1.13. The number of fused-ring (bicyclic) bond motifs is 1. The highest BCUT2D eigenvalue weighted by molar-refractivity contribution is 6.28. The minimum Gasteiger partial charge on any atom is -0.477 e. The Kier molecular flexibility index (Phi) is 3.09. The van der Waals surface area contributed by atoms with Crippen LogP contribution in [0.25, 0.3) is 11.0 Å². The Morgan fingerprint density at radius 3 is 2.65 bits per heavy atom. The third-order valence-electron chi connectivity index (χ3n) is 4.21. The molecule has 4 nitrogen and oxygen atoms in total. The van der Waals surface area contributed by atoms with E-state index in [4.69, 9.17) is 16.3 Å². The lowest BCUT2D eigenvalue weighted by atomic mass is 10.1. The summed E-state index contributed by atoms with van der Waals surface area (Å²) in [6, 6.07) is 2.02. The molecule has 0 amide bonds. The maximum atomic E-state index is 5.96. The van der Waals surface area contributed by atoms with Crippen molar-refractivity contribution in [1.82, 2.24) is 15.0 Å². The number of pyridine rings is 1. The van der Waals surface area contributed by atoms with Gasteiger partial charge in [-0.15, -0.1) is 0 Å². The molecule has 3 rings (SSSR count). The van der Waals surface area contributed by atoms with Crippen molar-refractivity contribution in [3.8, 4) is 5.88 Å². The summed E-state index contributed by atoms with van der Waals surface area (Å²) in [4.78, 5) is 12.8. The normalized spacial score (nSPS) is 20.1. The maximum Gasteiger partial charge on any atom is 0.227 e. The van der Waals surface area contributed by atoms with Crippen molar-refractivity contribution in [2.45, 2.75) is 34.1 Å². The van der Waals surface area contributed by atoms with Gasteiger partial charge in [-0.05, 0) is 54.8 Å². The van der Waals surface area contributed by atoms with Crippen molar-refractivity contribution in [3.63, 3.8) is 0 Å². The quantitative estimate of drug-likeness (QED) is 0.809. The summed E-state index contributed by atoms with van der Waals surface area (Å²) in [6.45, 7) is 9.15. The zero-order valence-corrected chi connectivity index (χ0v) is 13.0. The Hall–Kier alpha value is -1.42. The molecule has 0 bridgehead atoms. The number of hydrogen-bond acceptors (Lipinski definition) is 4. The smallest absolute Gasteiger partial charge is 0.227 e. The number of rotatable bonds is 3. The largest absolute Gasteiger partial charge is 0.477 e. The first-order valence-corrected chi connectivity index (χ1v) is 7.19. The highest BCUT2D eigenvalue weighted by atomic mass is 35.5. The highest BCUT2D eigenvalue weighted by Gasteiger charge is 2.46. The van der Waals surface area contributed by atoms with E-state index in [2.05, 4.69) is 28.8 Å². The molecule has 0 unspecified atom stereocenters. The fourth-order valence-electron chi connectivity index (χ4n) is 2.34. The van der Waals surface area contributed by atoms with Crippen LogP contribution < -0.4 is 4.74 Å². The maximum absolute atomic E-state index is 5.96. The van der Waals surface area contributed by atoms with E-state index < -0.39 is 0 Å². The van der Waals surface area contributed by atoms with Gasteiger partial charge in [0.15, 0.2) is 5.65 Å². The lowest BCUT2D eigenvalue weighted by molar-refractivity contribution is 0.273. The van der Waals surface area contributed by atoms with E-state index in [0.717, 1.165) is 16.6 Å². The molecule has 2 aromatic heterocycles. The van der Waals surface area contributed by atoms with Gasteiger partial charge in [-0.1, -0.05) is 13.8 Å². The van der Waals surface area contributed by atoms with Crippen LogP contribution in [0.15, 0.2) is 6.07 Å². The number of hydrogen-bond donors (Lipinski definition) is 0. The van der Waals surface area contributed by atoms with E-state index in [1.807, 2.05) is 19.9 Å². The molecule has 5 heteroatoms. The average Bonchev–Trinajstić information content (AvgIpc) is 2.96. The first-order chi connectivity index (χ1) is 9.37. The van der Waals surface area contributed by atoms with Crippen molar-refractivity contribution in [1.29, 1.82) is 0 Å². The third kappa shape index (κ3) is 2.44. The summed E-state index contributed by atoms with van der Waals surface area (Å²) in [5, 5.41) is 1.01. The topological polar surface area (TPSA) is 47.9 Å². The molecular formula is C15H18ClN3O. The molecule has 106 valence electrons. The van der Waals surface area contributed by atoms with Crippen molar-refractivity contribution >= 4 is 22.6 Å². The van der Waals surface area contributed by atoms with Crippen LogP contribution in [0.2, 0.25) is 5.28 Å². The molecule has 0 radical (unpaired) electrons. The molecule has 0 N–H and O–H groups in total. The van der Waals surface area contributed by atoms with E-state index >= 15 is 0 Å². The second-order valence-electron chi connectivity index (χ2n) is 6.26. The Morgan fingerprint density at radius 2 is 2.00 bits per heavy atom. The molecule has 1 fully saturated rings. The Bertz CT molecular complexity index is 684. The summed E-state index contributed by atoms with van der Waals surface area (Å²) >= 11 is 5.96. The van der Waals surface area contributed by atoms with Crippen molar-refractivity contribution in [2.75, 3.05) is 6.61 Å². The van der Waals surface area contributed by atoms with Gasteiger partial charge < -0.3 is 4.74 Å². The first-order valence-electron chi connectivity index (χ1n) is 6.81. The van der Waals surface area contributed by atoms with Crippen LogP contribution in [-0.2, 0) is 0 Å². The summed E-state index contributed by atoms with van der Waals surface area (Å²) in [6.07, 6.45) is 1.19. The van der Waals surface area contributed by atoms with Crippen molar-refractivity contribution in [2.24, 2.45) is 11.3 Å².